The van der Waals surface area contributed by atoms with Gasteiger partial charge in [-0.2, -0.15) is 0 Å². The van der Waals surface area contributed by atoms with Gasteiger partial charge in [0.1, 0.15) is 0 Å². The highest BCUT2D eigenvalue weighted by atomic mass is 16.5. The van der Waals surface area contributed by atoms with Crippen LogP contribution in [0.2, 0.25) is 0 Å². The Morgan fingerprint density at radius 1 is 1.25 bits per heavy atom. The monoisotopic (exact) mass is 170 g/mol. The van der Waals surface area contributed by atoms with Crippen molar-refractivity contribution in [3.8, 4) is 0 Å². The highest BCUT2D eigenvalue weighted by Gasteiger charge is 2.36. The number of ether oxygens (including phenoxy) is 1. The molecular weight excluding hydrogens is 156 g/mol. The predicted molar refractivity (Wildman–Crippen MR) is 43.9 cm³/mol. The van der Waals surface area contributed by atoms with Crippen molar-refractivity contribution >= 4 is 6.03 Å². The van der Waals surface area contributed by atoms with E-state index in [-0.39, 0.29) is 11.6 Å². The van der Waals surface area contributed by atoms with Crippen LogP contribution in [0.25, 0.3) is 0 Å². The minimum absolute atomic E-state index is 0.0249. The molecule has 4 nitrogen and oxygen atoms in total. The number of urea groups is 1. The van der Waals surface area contributed by atoms with Gasteiger partial charge in [-0.25, -0.2) is 4.79 Å². The first-order chi connectivity index (χ1) is 5.81. The van der Waals surface area contributed by atoms with Crippen LogP contribution in [0.4, 0.5) is 4.79 Å². The van der Waals surface area contributed by atoms with Crippen LogP contribution in [0.1, 0.15) is 19.3 Å². The van der Waals surface area contributed by atoms with Crippen molar-refractivity contribution in [1.29, 1.82) is 0 Å². The highest BCUT2D eigenvalue weighted by Crippen LogP contribution is 2.25. The average molecular weight is 170 g/mol. The molecule has 4 heteroatoms. The van der Waals surface area contributed by atoms with Gasteiger partial charge in [-0.15, -0.1) is 0 Å². The largest absolute Gasteiger partial charge is 0.381 e. The van der Waals surface area contributed by atoms with Crippen molar-refractivity contribution in [2.45, 2.75) is 24.8 Å². The SMILES string of the molecule is O=C1NCCC2(CCOCC2)N1. The number of nitrogens with one attached hydrogen (secondary N) is 2. The Balaban J connectivity index is 2.02. The quantitative estimate of drug-likeness (QED) is 0.547. The molecule has 2 heterocycles. The molecule has 2 aliphatic rings. The van der Waals surface area contributed by atoms with Gasteiger partial charge in [0.25, 0.3) is 0 Å². The van der Waals surface area contributed by atoms with Crippen molar-refractivity contribution in [3.63, 3.8) is 0 Å². The molecule has 12 heavy (non-hydrogen) atoms. The summed E-state index contributed by atoms with van der Waals surface area (Å²) in [6.07, 6.45) is 2.95. The van der Waals surface area contributed by atoms with E-state index in [2.05, 4.69) is 10.6 Å². The summed E-state index contributed by atoms with van der Waals surface area (Å²) in [5.74, 6) is 0. The van der Waals surface area contributed by atoms with E-state index in [1.807, 2.05) is 0 Å². The van der Waals surface area contributed by atoms with Gasteiger partial charge in [-0.05, 0) is 19.3 Å². The second-order valence-corrected chi connectivity index (χ2v) is 3.52. The van der Waals surface area contributed by atoms with E-state index < -0.39 is 0 Å². The third-order valence-electron chi connectivity index (χ3n) is 2.72. The molecule has 2 rings (SSSR count). The van der Waals surface area contributed by atoms with Gasteiger partial charge in [0, 0.05) is 25.3 Å². The summed E-state index contributed by atoms with van der Waals surface area (Å²) in [6.45, 7) is 2.35. The molecule has 0 aromatic carbocycles. The van der Waals surface area contributed by atoms with Gasteiger partial charge < -0.3 is 15.4 Å². The van der Waals surface area contributed by atoms with E-state index in [9.17, 15) is 4.79 Å². The average Bonchev–Trinajstić information content (AvgIpc) is 2.05. The summed E-state index contributed by atoms with van der Waals surface area (Å²) in [5, 5.41) is 5.76. The molecule has 0 unspecified atom stereocenters. The highest BCUT2D eigenvalue weighted by molar-refractivity contribution is 5.75. The molecule has 0 aromatic heterocycles. The zero-order chi connectivity index (χ0) is 8.44. The molecule has 2 aliphatic heterocycles. The molecule has 0 atom stereocenters. The predicted octanol–water partition coefficient (Wildman–Crippen LogP) is 0.239. The first-order valence-electron chi connectivity index (χ1n) is 4.45. The second kappa shape index (κ2) is 2.94. The van der Waals surface area contributed by atoms with Gasteiger partial charge in [0.05, 0.1) is 0 Å². The minimum Gasteiger partial charge on any atom is -0.381 e. The van der Waals surface area contributed by atoms with Gasteiger partial charge in [-0.3, -0.25) is 0 Å². The van der Waals surface area contributed by atoms with E-state index in [1.54, 1.807) is 0 Å². The summed E-state index contributed by atoms with van der Waals surface area (Å²) in [7, 11) is 0. The molecule has 2 saturated heterocycles. The van der Waals surface area contributed by atoms with Gasteiger partial charge in [-0.1, -0.05) is 0 Å². The van der Waals surface area contributed by atoms with Crippen molar-refractivity contribution in [2.24, 2.45) is 0 Å². The Bertz CT molecular complexity index is 182. The lowest BCUT2D eigenvalue weighted by atomic mass is 9.85. The van der Waals surface area contributed by atoms with Crippen LogP contribution < -0.4 is 10.6 Å². The van der Waals surface area contributed by atoms with Crippen LogP contribution in [0, 0.1) is 0 Å². The summed E-state index contributed by atoms with van der Waals surface area (Å²) < 4.78 is 5.26. The Labute approximate surface area is 71.7 Å². The van der Waals surface area contributed by atoms with E-state index in [1.165, 1.54) is 0 Å². The molecule has 0 bridgehead atoms. The molecule has 2 fully saturated rings. The molecule has 0 radical (unpaired) electrons. The van der Waals surface area contributed by atoms with Crippen LogP contribution in [0.5, 0.6) is 0 Å². The van der Waals surface area contributed by atoms with Gasteiger partial charge in [0.15, 0.2) is 0 Å². The van der Waals surface area contributed by atoms with Crippen LogP contribution >= 0.6 is 0 Å². The number of carbonyl (C=O) groups excluding carboxylic acids is 1. The molecule has 0 aromatic rings. The van der Waals surface area contributed by atoms with Crippen LogP contribution in [-0.2, 0) is 4.74 Å². The summed E-state index contributed by atoms with van der Waals surface area (Å²) in [6, 6.07) is -0.0249. The fourth-order valence-corrected chi connectivity index (χ4v) is 1.90. The zero-order valence-corrected chi connectivity index (χ0v) is 7.06. The molecular formula is C8H14N2O2. The van der Waals surface area contributed by atoms with E-state index in [0.29, 0.717) is 0 Å². The lowest BCUT2D eigenvalue weighted by Crippen LogP contribution is -2.60. The number of hydrogen-bond acceptors (Lipinski definition) is 2. The maximum atomic E-state index is 11.1. The Morgan fingerprint density at radius 3 is 2.67 bits per heavy atom. The maximum absolute atomic E-state index is 11.1. The summed E-state index contributed by atoms with van der Waals surface area (Å²) >= 11 is 0. The lowest BCUT2D eigenvalue weighted by molar-refractivity contribution is 0.0351. The van der Waals surface area contributed by atoms with E-state index in [4.69, 9.17) is 4.74 Å². The Kier molecular flexibility index (Phi) is 1.92. The van der Waals surface area contributed by atoms with Crippen LogP contribution in [0.3, 0.4) is 0 Å². The fraction of sp³-hybridized carbons (Fsp3) is 0.875. The third-order valence-corrected chi connectivity index (χ3v) is 2.72. The topological polar surface area (TPSA) is 50.4 Å². The molecule has 2 amide bonds. The van der Waals surface area contributed by atoms with Gasteiger partial charge >= 0.3 is 6.03 Å². The molecule has 0 saturated carbocycles. The van der Waals surface area contributed by atoms with Crippen molar-refractivity contribution in [1.82, 2.24) is 10.6 Å². The summed E-state index contributed by atoms with van der Waals surface area (Å²) in [5.41, 5.74) is 0.0422. The van der Waals surface area contributed by atoms with E-state index in [0.717, 1.165) is 39.0 Å². The summed E-state index contributed by atoms with van der Waals surface area (Å²) in [4.78, 5) is 11.1. The molecule has 0 aliphatic carbocycles. The van der Waals surface area contributed by atoms with Crippen LogP contribution in [0.15, 0.2) is 0 Å². The second-order valence-electron chi connectivity index (χ2n) is 3.52. The molecule has 1 spiro atoms. The van der Waals surface area contributed by atoms with Crippen molar-refractivity contribution < 1.29 is 9.53 Å². The minimum atomic E-state index is -0.0249. The normalized spacial score (nSPS) is 27.8. The number of carbonyl (C=O) groups is 1. The van der Waals surface area contributed by atoms with Crippen LogP contribution in [-0.4, -0.2) is 31.3 Å². The first kappa shape index (κ1) is 7.86. The first-order valence-corrected chi connectivity index (χ1v) is 4.45. The standard InChI is InChI=1S/C8H14N2O2/c11-7-9-4-1-8(10-7)2-5-12-6-3-8/h1-6H2,(H2,9,10,11). The van der Waals surface area contributed by atoms with Gasteiger partial charge in [0.2, 0.25) is 0 Å². The zero-order valence-electron chi connectivity index (χ0n) is 7.06. The molecule has 2 N–H and O–H groups in total. The van der Waals surface area contributed by atoms with Crippen molar-refractivity contribution in [3.05, 3.63) is 0 Å². The lowest BCUT2D eigenvalue weighted by Gasteiger charge is -2.40. The smallest absolute Gasteiger partial charge is 0.315 e. The fourth-order valence-electron chi connectivity index (χ4n) is 1.90. The number of amides is 2. The molecule has 68 valence electrons. The maximum Gasteiger partial charge on any atom is 0.315 e. The van der Waals surface area contributed by atoms with E-state index >= 15 is 0 Å². The Hall–Kier alpha value is -0.770. The third kappa shape index (κ3) is 1.39. The Morgan fingerprint density at radius 2 is 2.00 bits per heavy atom. The van der Waals surface area contributed by atoms with Crippen molar-refractivity contribution in [2.75, 3.05) is 19.8 Å². The number of hydrogen-bond donors (Lipinski definition) is 2. The number of rotatable bonds is 0.